The molecular weight excluding hydrogens is 270 g/mol. The van der Waals surface area contributed by atoms with Crippen LogP contribution in [-0.2, 0) is 18.3 Å². The minimum Gasteiger partial charge on any atom is -0.377 e. The Hall–Kier alpha value is -1.73. The van der Waals surface area contributed by atoms with Gasteiger partial charge in [0.25, 0.3) is 5.56 Å². The Morgan fingerprint density at radius 2 is 2.43 bits per heavy atom. The van der Waals surface area contributed by atoms with Gasteiger partial charge in [-0.05, 0) is 19.8 Å². The summed E-state index contributed by atoms with van der Waals surface area (Å²) in [5.41, 5.74) is 0.580. The fourth-order valence-electron chi connectivity index (χ4n) is 2.77. The summed E-state index contributed by atoms with van der Waals surface area (Å²) >= 11 is 0. The zero-order valence-electron chi connectivity index (χ0n) is 12.5. The van der Waals surface area contributed by atoms with Crippen molar-refractivity contribution in [3.05, 3.63) is 22.9 Å². The number of aryl methyl sites for hydroxylation is 1. The Labute approximate surface area is 122 Å². The molecule has 7 nitrogen and oxygen atoms in total. The highest BCUT2D eigenvalue weighted by Crippen LogP contribution is 2.15. The lowest BCUT2D eigenvalue weighted by Gasteiger charge is -2.20. The standard InChI is InChI=1S/C14H21N5O2/c1-10(12-4-3-7-21-12)15-5-6-19-9-16-13-11(14(19)20)8-17-18(13)2/h8-10,12,15H,3-7H2,1-2H3. The zero-order chi connectivity index (χ0) is 14.8. The van der Waals surface area contributed by atoms with Crippen LogP contribution in [-0.4, -0.2) is 44.6 Å². The molecular formula is C14H21N5O2. The van der Waals surface area contributed by atoms with Crippen molar-refractivity contribution in [1.82, 2.24) is 24.6 Å². The normalized spacial score (nSPS) is 20.2. The maximum Gasteiger partial charge on any atom is 0.264 e. The first-order chi connectivity index (χ1) is 10.2. The van der Waals surface area contributed by atoms with Crippen LogP contribution in [0.2, 0.25) is 0 Å². The van der Waals surface area contributed by atoms with E-state index < -0.39 is 0 Å². The van der Waals surface area contributed by atoms with E-state index in [-0.39, 0.29) is 5.56 Å². The van der Waals surface area contributed by atoms with Crippen molar-refractivity contribution in [1.29, 1.82) is 0 Å². The van der Waals surface area contributed by atoms with Gasteiger partial charge in [-0.25, -0.2) is 4.98 Å². The third-order valence-electron chi connectivity index (χ3n) is 4.06. The van der Waals surface area contributed by atoms with Gasteiger partial charge in [0.2, 0.25) is 0 Å². The van der Waals surface area contributed by atoms with Crippen LogP contribution in [0.5, 0.6) is 0 Å². The highest BCUT2D eigenvalue weighted by molar-refractivity contribution is 5.72. The largest absolute Gasteiger partial charge is 0.377 e. The smallest absolute Gasteiger partial charge is 0.264 e. The van der Waals surface area contributed by atoms with Gasteiger partial charge in [0.05, 0.1) is 12.3 Å². The summed E-state index contributed by atoms with van der Waals surface area (Å²) in [7, 11) is 1.78. The summed E-state index contributed by atoms with van der Waals surface area (Å²) in [4.78, 5) is 16.6. The van der Waals surface area contributed by atoms with Crippen LogP contribution in [0, 0.1) is 0 Å². The van der Waals surface area contributed by atoms with Crippen molar-refractivity contribution in [2.45, 2.75) is 38.5 Å². The maximum absolute atomic E-state index is 12.3. The van der Waals surface area contributed by atoms with Crippen molar-refractivity contribution >= 4 is 11.0 Å². The van der Waals surface area contributed by atoms with Gasteiger partial charge in [-0.3, -0.25) is 14.0 Å². The molecule has 21 heavy (non-hydrogen) atoms. The van der Waals surface area contributed by atoms with Gasteiger partial charge in [0, 0.05) is 32.8 Å². The molecule has 1 N–H and O–H groups in total. The van der Waals surface area contributed by atoms with Gasteiger partial charge >= 0.3 is 0 Å². The number of rotatable bonds is 5. The van der Waals surface area contributed by atoms with Crippen LogP contribution in [0.4, 0.5) is 0 Å². The van der Waals surface area contributed by atoms with E-state index in [4.69, 9.17) is 4.74 Å². The second kappa shape index (κ2) is 5.95. The molecule has 0 saturated carbocycles. The molecule has 0 bridgehead atoms. The molecule has 1 fully saturated rings. The molecule has 1 saturated heterocycles. The van der Waals surface area contributed by atoms with Crippen molar-refractivity contribution in [2.75, 3.05) is 13.2 Å². The molecule has 1 aliphatic rings. The lowest BCUT2D eigenvalue weighted by Crippen LogP contribution is -2.39. The van der Waals surface area contributed by atoms with Crippen molar-refractivity contribution in [2.24, 2.45) is 7.05 Å². The quantitative estimate of drug-likeness (QED) is 0.857. The van der Waals surface area contributed by atoms with Gasteiger partial charge in [0.1, 0.15) is 11.7 Å². The molecule has 2 atom stereocenters. The third kappa shape index (κ3) is 2.84. The first-order valence-corrected chi connectivity index (χ1v) is 7.39. The molecule has 2 aromatic rings. The van der Waals surface area contributed by atoms with Gasteiger partial charge in [-0.15, -0.1) is 0 Å². The fraction of sp³-hybridized carbons (Fsp3) is 0.643. The summed E-state index contributed by atoms with van der Waals surface area (Å²) in [6.45, 7) is 4.29. The Bertz CT molecular complexity index is 672. The highest BCUT2D eigenvalue weighted by atomic mass is 16.5. The SMILES string of the molecule is CC(NCCn1cnc2c(cnn2C)c1=O)C1CCCO1. The lowest BCUT2D eigenvalue weighted by atomic mass is 10.1. The Morgan fingerprint density at radius 3 is 3.19 bits per heavy atom. The second-order valence-electron chi connectivity index (χ2n) is 5.54. The first kappa shape index (κ1) is 14.2. The van der Waals surface area contributed by atoms with E-state index in [2.05, 4.69) is 22.3 Å². The van der Waals surface area contributed by atoms with Crippen LogP contribution in [0.3, 0.4) is 0 Å². The second-order valence-corrected chi connectivity index (χ2v) is 5.54. The van der Waals surface area contributed by atoms with Crippen LogP contribution >= 0.6 is 0 Å². The number of nitrogens with zero attached hydrogens (tertiary/aromatic N) is 4. The fourth-order valence-corrected chi connectivity index (χ4v) is 2.77. The third-order valence-corrected chi connectivity index (χ3v) is 4.06. The van der Waals surface area contributed by atoms with E-state index in [0.717, 1.165) is 19.4 Å². The number of hydrogen-bond donors (Lipinski definition) is 1. The van der Waals surface area contributed by atoms with Crippen LogP contribution in [0.1, 0.15) is 19.8 Å². The molecule has 2 unspecified atom stereocenters. The van der Waals surface area contributed by atoms with Crippen molar-refractivity contribution in [3.8, 4) is 0 Å². The first-order valence-electron chi connectivity index (χ1n) is 7.39. The van der Waals surface area contributed by atoms with Gasteiger partial charge in [0.15, 0.2) is 5.65 Å². The number of aromatic nitrogens is 4. The Kier molecular flexibility index (Phi) is 4.03. The van der Waals surface area contributed by atoms with E-state index in [9.17, 15) is 4.79 Å². The van der Waals surface area contributed by atoms with Crippen LogP contribution in [0.15, 0.2) is 17.3 Å². The molecule has 114 valence electrons. The molecule has 0 amide bonds. The monoisotopic (exact) mass is 291 g/mol. The number of nitrogens with one attached hydrogen (secondary N) is 1. The van der Waals surface area contributed by atoms with Gasteiger partial charge < -0.3 is 10.1 Å². The Balaban J connectivity index is 1.62. The maximum atomic E-state index is 12.3. The van der Waals surface area contributed by atoms with E-state index in [1.54, 1.807) is 28.8 Å². The number of ether oxygens (including phenoxy) is 1. The van der Waals surface area contributed by atoms with E-state index in [1.165, 1.54) is 0 Å². The van der Waals surface area contributed by atoms with Crippen LogP contribution in [0.25, 0.3) is 11.0 Å². The molecule has 0 aromatic carbocycles. The molecule has 0 aliphatic carbocycles. The summed E-state index contributed by atoms with van der Waals surface area (Å²) in [6, 6.07) is 0.304. The number of fused-ring (bicyclic) bond motifs is 1. The number of hydrogen-bond acceptors (Lipinski definition) is 5. The molecule has 1 aliphatic heterocycles. The van der Waals surface area contributed by atoms with Crippen molar-refractivity contribution < 1.29 is 4.74 Å². The minimum absolute atomic E-state index is 0.0420. The average Bonchev–Trinajstić information content (AvgIpc) is 3.12. The summed E-state index contributed by atoms with van der Waals surface area (Å²) in [5, 5.41) is 8.05. The molecule has 3 rings (SSSR count). The van der Waals surface area contributed by atoms with Gasteiger partial charge in [-0.2, -0.15) is 5.10 Å². The predicted molar refractivity (Wildman–Crippen MR) is 79.2 cm³/mol. The predicted octanol–water partition coefficient (Wildman–Crippen LogP) is 0.287. The lowest BCUT2D eigenvalue weighted by molar-refractivity contribution is 0.0835. The zero-order valence-corrected chi connectivity index (χ0v) is 12.5. The van der Waals surface area contributed by atoms with E-state index >= 15 is 0 Å². The molecule has 3 heterocycles. The van der Waals surface area contributed by atoms with E-state index in [1.807, 2.05) is 0 Å². The van der Waals surface area contributed by atoms with Gasteiger partial charge in [-0.1, -0.05) is 0 Å². The topological polar surface area (TPSA) is 74.0 Å². The van der Waals surface area contributed by atoms with Crippen molar-refractivity contribution in [3.63, 3.8) is 0 Å². The molecule has 7 heteroatoms. The molecule has 2 aromatic heterocycles. The van der Waals surface area contributed by atoms with E-state index in [0.29, 0.717) is 36.3 Å². The minimum atomic E-state index is -0.0420. The Morgan fingerprint density at radius 1 is 1.57 bits per heavy atom. The van der Waals surface area contributed by atoms with Crippen LogP contribution < -0.4 is 10.9 Å². The molecule has 0 radical (unpaired) electrons. The average molecular weight is 291 g/mol. The summed E-state index contributed by atoms with van der Waals surface area (Å²) in [5.74, 6) is 0. The summed E-state index contributed by atoms with van der Waals surface area (Å²) in [6.07, 6.45) is 5.70. The molecule has 0 spiro atoms. The summed E-state index contributed by atoms with van der Waals surface area (Å²) < 4.78 is 8.88. The highest BCUT2D eigenvalue weighted by Gasteiger charge is 2.21.